The molecule has 1 aliphatic heterocycles. The number of hydrogen-bond acceptors (Lipinski definition) is 1. The molecule has 6 heteroatoms. The van der Waals surface area contributed by atoms with Crippen molar-refractivity contribution in [2.24, 2.45) is 5.92 Å². The van der Waals surface area contributed by atoms with Crippen molar-refractivity contribution in [1.29, 1.82) is 0 Å². The van der Waals surface area contributed by atoms with E-state index in [1.165, 1.54) is 17.0 Å². The lowest BCUT2D eigenvalue weighted by Crippen LogP contribution is -2.25. The maximum Gasteiger partial charge on any atom is 0.417 e. The van der Waals surface area contributed by atoms with E-state index >= 15 is 0 Å². The number of nitrogens with zero attached hydrogens (tertiary/aromatic N) is 1. The molecule has 1 amide bonds. The van der Waals surface area contributed by atoms with Gasteiger partial charge in [0.25, 0.3) is 0 Å². The lowest BCUT2D eigenvalue weighted by Gasteiger charge is -2.20. The van der Waals surface area contributed by atoms with Crippen LogP contribution >= 0.6 is 11.6 Å². The van der Waals surface area contributed by atoms with E-state index in [9.17, 15) is 18.0 Å². The summed E-state index contributed by atoms with van der Waals surface area (Å²) in [4.78, 5) is 13.0. The molecule has 19 heavy (non-hydrogen) atoms. The predicted molar refractivity (Wildman–Crippen MR) is 65.7 cm³/mol. The van der Waals surface area contributed by atoms with Crippen LogP contribution < -0.4 is 4.90 Å². The van der Waals surface area contributed by atoms with Gasteiger partial charge in [0.1, 0.15) is 0 Å². The van der Waals surface area contributed by atoms with E-state index in [2.05, 4.69) is 5.92 Å². The number of hydrogen-bond donors (Lipinski definition) is 0. The molecule has 1 aliphatic rings. The first-order valence-electron chi connectivity index (χ1n) is 5.46. The van der Waals surface area contributed by atoms with E-state index in [0.717, 1.165) is 6.07 Å². The Morgan fingerprint density at radius 2 is 2.11 bits per heavy atom. The summed E-state index contributed by atoms with van der Waals surface area (Å²) in [6.07, 6.45) is 0.806. The number of carbonyl (C=O) groups excluding carboxylic acids is 1. The summed E-state index contributed by atoms with van der Waals surface area (Å²) in [6.45, 7) is 0.191. The summed E-state index contributed by atoms with van der Waals surface area (Å²) in [6, 6.07) is 3.49. The van der Waals surface area contributed by atoms with Crippen LogP contribution in [0.1, 0.15) is 12.0 Å². The number of amides is 1. The fourth-order valence-electron chi connectivity index (χ4n) is 2.00. The average Bonchev–Trinajstić information content (AvgIpc) is 2.69. The number of alkyl halides is 3. The fourth-order valence-corrected chi connectivity index (χ4v) is 2.33. The van der Waals surface area contributed by atoms with Gasteiger partial charge in [-0.25, -0.2) is 0 Å². The summed E-state index contributed by atoms with van der Waals surface area (Å²) in [5.74, 6) is 1.82. The number of rotatable bonds is 1. The Labute approximate surface area is 113 Å². The van der Waals surface area contributed by atoms with Gasteiger partial charge >= 0.3 is 6.18 Å². The maximum atomic E-state index is 12.7. The second-order valence-electron chi connectivity index (χ2n) is 4.21. The third-order valence-corrected chi connectivity index (χ3v) is 3.33. The Hall–Kier alpha value is -1.67. The molecule has 0 saturated carbocycles. The van der Waals surface area contributed by atoms with Crippen LogP contribution in [-0.2, 0) is 11.0 Å². The van der Waals surface area contributed by atoms with Crippen LogP contribution in [0.3, 0.4) is 0 Å². The standard InChI is InChI=1S/C13H9ClF3NO/c1-2-8-6-11(19)18(7-8)10-5-3-4-9(12(10)14)13(15,16)17/h1,3-5,8H,6-7H2. The highest BCUT2D eigenvalue weighted by Crippen LogP contribution is 2.40. The number of carbonyl (C=O) groups is 1. The third-order valence-electron chi connectivity index (χ3n) is 2.94. The predicted octanol–water partition coefficient (Wildman–Crippen LogP) is 3.34. The van der Waals surface area contributed by atoms with Crippen molar-refractivity contribution in [3.05, 3.63) is 28.8 Å². The molecule has 0 aromatic heterocycles. The van der Waals surface area contributed by atoms with E-state index in [1.807, 2.05) is 0 Å². The zero-order valence-corrected chi connectivity index (χ0v) is 10.4. The molecule has 0 bridgehead atoms. The van der Waals surface area contributed by atoms with Crippen molar-refractivity contribution in [2.75, 3.05) is 11.4 Å². The summed E-state index contributed by atoms with van der Waals surface area (Å²) in [5, 5.41) is -0.471. The van der Waals surface area contributed by atoms with Crippen LogP contribution in [0.5, 0.6) is 0 Å². The van der Waals surface area contributed by atoms with Crippen molar-refractivity contribution in [3.63, 3.8) is 0 Å². The van der Waals surface area contributed by atoms with Crippen molar-refractivity contribution in [3.8, 4) is 12.3 Å². The maximum absolute atomic E-state index is 12.7. The molecule has 1 aromatic rings. The first kappa shape index (κ1) is 13.8. The summed E-state index contributed by atoms with van der Waals surface area (Å²) < 4.78 is 38.2. The highest BCUT2D eigenvalue weighted by Gasteiger charge is 2.37. The highest BCUT2D eigenvalue weighted by molar-refractivity contribution is 6.34. The summed E-state index contributed by atoms with van der Waals surface area (Å²) in [5.41, 5.74) is -0.900. The highest BCUT2D eigenvalue weighted by atomic mass is 35.5. The molecule has 2 nitrogen and oxygen atoms in total. The fraction of sp³-hybridized carbons (Fsp3) is 0.308. The van der Waals surface area contributed by atoms with Gasteiger partial charge in [0.2, 0.25) is 5.91 Å². The molecule has 100 valence electrons. The normalized spacial score (nSPS) is 19.6. The minimum Gasteiger partial charge on any atom is -0.310 e. The molecule has 0 aliphatic carbocycles. The van der Waals surface area contributed by atoms with Crippen LogP contribution in [0, 0.1) is 18.3 Å². The van der Waals surface area contributed by atoms with Gasteiger partial charge in [-0.05, 0) is 12.1 Å². The Morgan fingerprint density at radius 3 is 2.63 bits per heavy atom. The minimum atomic E-state index is -4.55. The third kappa shape index (κ3) is 2.54. The molecule has 1 saturated heterocycles. The molecular formula is C13H9ClF3NO. The minimum absolute atomic E-state index is 0.0549. The van der Waals surface area contributed by atoms with Crippen molar-refractivity contribution in [1.82, 2.24) is 0 Å². The smallest absolute Gasteiger partial charge is 0.310 e. The van der Waals surface area contributed by atoms with E-state index < -0.39 is 16.8 Å². The number of anilines is 1. The first-order valence-corrected chi connectivity index (χ1v) is 5.84. The molecule has 1 fully saturated rings. The van der Waals surface area contributed by atoms with E-state index in [0.29, 0.717) is 0 Å². The summed E-state index contributed by atoms with van der Waals surface area (Å²) >= 11 is 5.76. The lowest BCUT2D eigenvalue weighted by molar-refractivity contribution is -0.137. The van der Waals surface area contributed by atoms with Crippen LogP contribution in [0.25, 0.3) is 0 Å². The Kier molecular flexibility index (Phi) is 3.46. The molecule has 2 rings (SSSR count). The quantitative estimate of drug-likeness (QED) is 0.726. The number of benzene rings is 1. The van der Waals surface area contributed by atoms with Crippen LogP contribution in [0.4, 0.5) is 18.9 Å². The Bertz CT molecular complexity index is 562. The van der Waals surface area contributed by atoms with Gasteiger partial charge < -0.3 is 4.90 Å². The van der Waals surface area contributed by atoms with E-state index in [-0.39, 0.29) is 30.5 Å². The van der Waals surface area contributed by atoms with E-state index in [1.54, 1.807) is 0 Å². The number of terminal acetylenes is 1. The van der Waals surface area contributed by atoms with Gasteiger partial charge in [-0.15, -0.1) is 12.3 Å². The van der Waals surface area contributed by atoms with Crippen LogP contribution in [0.15, 0.2) is 18.2 Å². The van der Waals surface area contributed by atoms with Gasteiger partial charge in [0, 0.05) is 18.9 Å². The topological polar surface area (TPSA) is 20.3 Å². The van der Waals surface area contributed by atoms with Crippen LogP contribution in [-0.4, -0.2) is 12.5 Å². The molecule has 1 unspecified atom stereocenters. The largest absolute Gasteiger partial charge is 0.417 e. The second-order valence-corrected chi connectivity index (χ2v) is 4.59. The Morgan fingerprint density at radius 1 is 1.42 bits per heavy atom. The SMILES string of the molecule is C#CC1CC(=O)N(c2cccc(C(F)(F)F)c2Cl)C1. The van der Waals surface area contributed by atoms with Crippen molar-refractivity contribution >= 4 is 23.2 Å². The first-order chi connectivity index (χ1) is 8.84. The molecular weight excluding hydrogens is 279 g/mol. The number of halogens is 4. The van der Waals surface area contributed by atoms with Crippen LogP contribution in [0.2, 0.25) is 5.02 Å². The second kappa shape index (κ2) is 4.78. The molecule has 0 spiro atoms. The van der Waals surface area contributed by atoms with Crippen molar-refractivity contribution in [2.45, 2.75) is 12.6 Å². The molecule has 0 N–H and O–H groups in total. The van der Waals surface area contributed by atoms with Gasteiger partial charge in [-0.3, -0.25) is 4.79 Å². The monoisotopic (exact) mass is 287 g/mol. The summed E-state index contributed by atoms with van der Waals surface area (Å²) in [7, 11) is 0. The molecule has 1 heterocycles. The van der Waals surface area contributed by atoms with Gasteiger partial charge in [0.15, 0.2) is 0 Å². The average molecular weight is 288 g/mol. The lowest BCUT2D eigenvalue weighted by atomic mass is 10.1. The van der Waals surface area contributed by atoms with Gasteiger partial charge in [-0.2, -0.15) is 13.2 Å². The Balaban J connectivity index is 2.43. The zero-order chi connectivity index (χ0) is 14.2. The van der Waals surface area contributed by atoms with E-state index in [4.69, 9.17) is 18.0 Å². The van der Waals surface area contributed by atoms with Gasteiger partial charge in [0.05, 0.1) is 16.3 Å². The van der Waals surface area contributed by atoms with Gasteiger partial charge in [-0.1, -0.05) is 17.7 Å². The molecule has 1 atom stereocenters. The van der Waals surface area contributed by atoms with Crippen molar-refractivity contribution < 1.29 is 18.0 Å². The molecule has 0 radical (unpaired) electrons. The zero-order valence-electron chi connectivity index (χ0n) is 9.67. The molecule has 1 aromatic carbocycles.